The number of hydrogen-bond acceptors (Lipinski definition) is 7. The third-order valence-electron chi connectivity index (χ3n) is 3.76. The molecule has 0 fully saturated rings. The van der Waals surface area contributed by atoms with Crippen LogP contribution in [0.2, 0.25) is 5.02 Å². The van der Waals surface area contributed by atoms with E-state index in [4.69, 9.17) is 16.3 Å². The van der Waals surface area contributed by atoms with Crippen molar-refractivity contribution in [3.8, 4) is 0 Å². The summed E-state index contributed by atoms with van der Waals surface area (Å²) in [6, 6.07) is 14.9. The summed E-state index contributed by atoms with van der Waals surface area (Å²) in [6.07, 6.45) is 2.41. The number of methoxy groups -OCH3 is 1. The predicted octanol–water partition coefficient (Wildman–Crippen LogP) is 3.71. The first-order chi connectivity index (χ1) is 13.2. The van der Waals surface area contributed by atoms with Crippen molar-refractivity contribution in [3.05, 3.63) is 70.9 Å². The number of carbonyl (C=O) groups is 1. The van der Waals surface area contributed by atoms with Gasteiger partial charge in [-0.1, -0.05) is 41.9 Å². The molecule has 0 aliphatic rings. The van der Waals surface area contributed by atoms with Crippen molar-refractivity contribution in [1.29, 1.82) is 0 Å². The average molecular weight is 384 g/mol. The molecule has 0 bridgehead atoms. The number of benzene rings is 2. The highest BCUT2D eigenvalue weighted by Crippen LogP contribution is 2.25. The zero-order valence-electron chi connectivity index (χ0n) is 14.6. The summed E-state index contributed by atoms with van der Waals surface area (Å²) >= 11 is 6.18. The van der Waals surface area contributed by atoms with Crippen molar-refractivity contribution in [2.75, 3.05) is 24.3 Å². The molecule has 8 heteroatoms. The van der Waals surface area contributed by atoms with Gasteiger partial charge in [0.05, 0.1) is 29.6 Å². The Hall–Kier alpha value is -3.19. The van der Waals surface area contributed by atoms with Gasteiger partial charge in [0.1, 0.15) is 0 Å². The molecular formula is C19H18ClN5O2. The molecule has 1 heterocycles. The largest absolute Gasteiger partial charge is 0.465 e. The maximum Gasteiger partial charge on any atom is 0.337 e. The van der Waals surface area contributed by atoms with Crippen LogP contribution >= 0.6 is 11.6 Å². The quantitative estimate of drug-likeness (QED) is 0.601. The number of ether oxygens (including phenoxy) is 1. The third-order valence-corrected chi connectivity index (χ3v) is 4.08. The second-order valence-corrected chi connectivity index (χ2v) is 6.05. The molecule has 0 aliphatic carbocycles. The van der Waals surface area contributed by atoms with Crippen LogP contribution in [0.5, 0.6) is 0 Å². The van der Waals surface area contributed by atoms with E-state index in [2.05, 4.69) is 37.9 Å². The summed E-state index contributed by atoms with van der Waals surface area (Å²) in [5.74, 6) is 0.400. The fourth-order valence-electron chi connectivity index (χ4n) is 2.41. The van der Waals surface area contributed by atoms with Gasteiger partial charge in [0.25, 0.3) is 0 Å². The molecule has 0 saturated heterocycles. The highest BCUT2D eigenvalue weighted by molar-refractivity contribution is 6.33. The highest BCUT2D eigenvalue weighted by Gasteiger charge is 2.10. The van der Waals surface area contributed by atoms with E-state index in [1.807, 2.05) is 18.2 Å². The zero-order valence-corrected chi connectivity index (χ0v) is 15.4. The van der Waals surface area contributed by atoms with Crippen LogP contribution < -0.4 is 10.6 Å². The van der Waals surface area contributed by atoms with Crippen LogP contribution in [0.1, 0.15) is 15.9 Å². The van der Waals surface area contributed by atoms with E-state index in [-0.39, 0.29) is 5.95 Å². The van der Waals surface area contributed by atoms with Crippen LogP contribution in [0.4, 0.5) is 17.5 Å². The highest BCUT2D eigenvalue weighted by atomic mass is 35.5. The predicted molar refractivity (Wildman–Crippen MR) is 105 cm³/mol. The zero-order chi connectivity index (χ0) is 19.1. The second kappa shape index (κ2) is 8.95. The molecule has 1 aromatic heterocycles. The van der Waals surface area contributed by atoms with Crippen LogP contribution in [-0.2, 0) is 11.2 Å². The van der Waals surface area contributed by atoms with E-state index in [9.17, 15) is 4.79 Å². The number of halogens is 1. The summed E-state index contributed by atoms with van der Waals surface area (Å²) in [6.45, 7) is 0.709. The van der Waals surface area contributed by atoms with Crippen LogP contribution in [-0.4, -0.2) is 34.8 Å². The number of aromatic nitrogens is 3. The summed E-state index contributed by atoms with van der Waals surface area (Å²) in [4.78, 5) is 16.0. The number of carbonyl (C=O) groups excluding carboxylic acids is 1. The van der Waals surface area contributed by atoms with Crippen LogP contribution in [0, 0.1) is 0 Å². The third kappa shape index (κ3) is 5.15. The maximum atomic E-state index is 11.7. The maximum absolute atomic E-state index is 11.7. The SMILES string of the molecule is COC(=O)c1ccc(Cl)c(Nc2nncc(NCCc3ccccc3)n2)c1. The first kappa shape index (κ1) is 18.6. The number of nitrogens with zero attached hydrogens (tertiary/aromatic N) is 3. The molecule has 3 rings (SSSR count). The fourth-order valence-corrected chi connectivity index (χ4v) is 2.57. The molecule has 0 radical (unpaired) electrons. The lowest BCUT2D eigenvalue weighted by Crippen LogP contribution is -2.09. The summed E-state index contributed by atoms with van der Waals surface area (Å²) in [5, 5.41) is 14.5. The Bertz CT molecular complexity index is 921. The molecular weight excluding hydrogens is 366 g/mol. The minimum absolute atomic E-state index is 0.267. The van der Waals surface area contributed by atoms with Crippen molar-refractivity contribution in [3.63, 3.8) is 0 Å². The number of hydrogen-bond donors (Lipinski definition) is 2. The summed E-state index contributed by atoms with van der Waals surface area (Å²) in [7, 11) is 1.32. The van der Waals surface area contributed by atoms with Gasteiger partial charge in [0, 0.05) is 6.54 Å². The monoisotopic (exact) mass is 383 g/mol. The van der Waals surface area contributed by atoms with Crippen molar-refractivity contribution < 1.29 is 9.53 Å². The van der Waals surface area contributed by atoms with Crippen LogP contribution in [0.15, 0.2) is 54.7 Å². The molecule has 0 unspecified atom stereocenters. The first-order valence-electron chi connectivity index (χ1n) is 8.28. The molecule has 0 atom stereocenters. The molecule has 2 N–H and O–H groups in total. The van der Waals surface area contributed by atoms with Gasteiger partial charge in [-0.25, -0.2) is 4.79 Å². The lowest BCUT2D eigenvalue weighted by Gasteiger charge is -2.10. The van der Waals surface area contributed by atoms with Gasteiger partial charge in [0.2, 0.25) is 5.95 Å². The Balaban J connectivity index is 1.66. The van der Waals surface area contributed by atoms with E-state index in [1.165, 1.54) is 12.7 Å². The molecule has 0 spiro atoms. The molecule has 0 saturated carbocycles. The smallest absolute Gasteiger partial charge is 0.337 e. The number of rotatable bonds is 7. The molecule has 0 amide bonds. The molecule has 27 heavy (non-hydrogen) atoms. The first-order valence-corrected chi connectivity index (χ1v) is 8.66. The molecule has 7 nitrogen and oxygen atoms in total. The lowest BCUT2D eigenvalue weighted by molar-refractivity contribution is 0.0601. The number of esters is 1. The van der Waals surface area contributed by atoms with Gasteiger partial charge in [0.15, 0.2) is 5.82 Å². The second-order valence-electron chi connectivity index (χ2n) is 5.64. The van der Waals surface area contributed by atoms with Gasteiger partial charge in [-0.2, -0.15) is 10.1 Å². The molecule has 138 valence electrons. The van der Waals surface area contributed by atoms with Crippen molar-refractivity contribution >= 4 is 35.0 Å². The lowest BCUT2D eigenvalue weighted by atomic mass is 10.1. The molecule has 0 aliphatic heterocycles. The Kier molecular flexibility index (Phi) is 6.17. The standard InChI is InChI=1S/C19H18ClN5O2/c1-27-18(26)14-7-8-15(20)16(11-14)23-19-24-17(12-22-25-19)21-10-9-13-5-3-2-4-6-13/h2-8,11-12H,9-10H2,1H3,(H2,21,23,24,25). The minimum Gasteiger partial charge on any atom is -0.465 e. The van der Waals surface area contributed by atoms with E-state index in [1.54, 1.807) is 24.4 Å². The van der Waals surface area contributed by atoms with E-state index in [0.717, 1.165) is 6.42 Å². The Morgan fingerprint density at radius 2 is 2.00 bits per heavy atom. The molecule has 3 aromatic rings. The topological polar surface area (TPSA) is 89.0 Å². The summed E-state index contributed by atoms with van der Waals surface area (Å²) < 4.78 is 4.72. The Morgan fingerprint density at radius 3 is 2.78 bits per heavy atom. The van der Waals surface area contributed by atoms with E-state index >= 15 is 0 Å². The van der Waals surface area contributed by atoms with Gasteiger partial charge in [-0.3, -0.25) is 0 Å². The minimum atomic E-state index is -0.454. The van der Waals surface area contributed by atoms with Crippen LogP contribution in [0.3, 0.4) is 0 Å². The number of anilines is 3. The van der Waals surface area contributed by atoms with Gasteiger partial charge >= 0.3 is 5.97 Å². The summed E-state index contributed by atoms with van der Waals surface area (Å²) in [5.41, 5.74) is 2.09. The van der Waals surface area contributed by atoms with Crippen molar-refractivity contribution in [2.24, 2.45) is 0 Å². The Morgan fingerprint density at radius 1 is 1.19 bits per heavy atom. The van der Waals surface area contributed by atoms with Crippen molar-refractivity contribution in [2.45, 2.75) is 6.42 Å². The van der Waals surface area contributed by atoms with E-state index < -0.39 is 5.97 Å². The van der Waals surface area contributed by atoms with Gasteiger partial charge in [-0.05, 0) is 30.2 Å². The molecule has 2 aromatic carbocycles. The number of nitrogens with one attached hydrogen (secondary N) is 2. The van der Waals surface area contributed by atoms with Crippen molar-refractivity contribution in [1.82, 2.24) is 15.2 Å². The van der Waals surface area contributed by atoms with Crippen LogP contribution in [0.25, 0.3) is 0 Å². The average Bonchev–Trinajstić information content (AvgIpc) is 2.70. The fraction of sp³-hybridized carbons (Fsp3) is 0.158. The normalized spacial score (nSPS) is 10.3. The Labute approximate surface area is 161 Å². The van der Waals surface area contributed by atoms with Gasteiger partial charge < -0.3 is 15.4 Å². The van der Waals surface area contributed by atoms with Gasteiger partial charge in [-0.15, -0.1) is 5.10 Å². The van der Waals surface area contributed by atoms with E-state index in [0.29, 0.717) is 28.6 Å².